The highest BCUT2D eigenvalue weighted by Gasteiger charge is 2.23. The Balaban J connectivity index is 1.77. The first-order valence-corrected chi connectivity index (χ1v) is 11.1. The van der Waals surface area contributed by atoms with Crippen LogP contribution in [0.1, 0.15) is 19.3 Å². The summed E-state index contributed by atoms with van der Waals surface area (Å²) in [5, 5.41) is 0. The molecule has 6 nitrogen and oxygen atoms in total. The summed E-state index contributed by atoms with van der Waals surface area (Å²) in [6, 6.07) is 14.0. The highest BCUT2D eigenvalue weighted by molar-refractivity contribution is 9.10. The number of hydrogen-bond acceptors (Lipinski definition) is 5. The molecule has 0 aliphatic carbocycles. The lowest BCUT2D eigenvalue weighted by Gasteiger charge is -2.29. The third kappa shape index (κ3) is 3.91. The summed E-state index contributed by atoms with van der Waals surface area (Å²) in [4.78, 5) is 11.6. The van der Waals surface area contributed by atoms with Crippen molar-refractivity contribution in [2.75, 3.05) is 22.7 Å². The summed E-state index contributed by atoms with van der Waals surface area (Å²) >= 11 is 3.33. The minimum atomic E-state index is -3.76. The molecule has 0 bridgehead atoms. The molecular formula is C19H19BrN4O2S. The molecule has 0 saturated carbocycles. The smallest absolute Gasteiger partial charge is 0.263 e. The summed E-state index contributed by atoms with van der Waals surface area (Å²) in [7, 11) is -3.76. The van der Waals surface area contributed by atoms with Gasteiger partial charge in [-0.1, -0.05) is 28.1 Å². The molecule has 1 aliphatic rings. The van der Waals surface area contributed by atoms with Crippen molar-refractivity contribution in [2.24, 2.45) is 0 Å². The minimum Gasteiger partial charge on any atom is -0.354 e. The molecule has 2 heterocycles. The maximum Gasteiger partial charge on any atom is 0.263 e. The molecule has 1 saturated heterocycles. The largest absolute Gasteiger partial charge is 0.354 e. The van der Waals surface area contributed by atoms with Gasteiger partial charge in [-0.3, -0.25) is 4.72 Å². The Bertz CT molecular complexity index is 1060. The second kappa shape index (κ2) is 7.44. The zero-order valence-corrected chi connectivity index (χ0v) is 17.0. The Hall–Kier alpha value is -2.19. The number of rotatable bonds is 4. The van der Waals surface area contributed by atoms with E-state index in [9.17, 15) is 8.42 Å². The molecule has 0 atom stereocenters. The van der Waals surface area contributed by atoms with Gasteiger partial charge in [-0.15, -0.1) is 0 Å². The van der Waals surface area contributed by atoms with E-state index in [1.807, 2.05) is 24.3 Å². The molecule has 3 aromatic rings. The van der Waals surface area contributed by atoms with Crippen molar-refractivity contribution in [3.8, 4) is 0 Å². The van der Waals surface area contributed by atoms with Gasteiger partial charge in [-0.05, 0) is 55.7 Å². The number of benzene rings is 2. The first-order valence-electron chi connectivity index (χ1n) is 8.83. The Morgan fingerprint density at radius 3 is 2.19 bits per heavy atom. The fourth-order valence-electron chi connectivity index (χ4n) is 3.19. The van der Waals surface area contributed by atoms with Gasteiger partial charge < -0.3 is 4.90 Å². The van der Waals surface area contributed by atoms with Gasteiger partial charge in [-0.25, -0.2) is 18.4 Å². The highest BCUT2D eigenvalue weighted by atomic mass is 79.9. The molecule has 0 radical (unpaired) electrons. The summed E-state index contributed by atoms with van der Waals surface area (Å²) < 4.78 is 29.2. The summed E-state index contributed by atoms with van der Waals surface area (Å²) in [6.07, 6.45) is 3.30. The number of anilines is 2. The van der Waals surface area contributed by atoms with Crippen LogP contribution in [-0.2, 0) is 10.0 Å². The molecule has 27 heavy (non-hydrogen) atoms. The van der Waals surface area contributed by atoms with Gasteiger partial charge in [0.15, 0.2) is 11.6 Å². The van der Waals surface area contributed by atoms with Gasteiger partial charge in [0.25, 0.3) is 10.0 Å². The summed E-state index contributed by atoms with van der Waals surface area (Å²) in [5.74, 6) is 0.868. The second-order valence-corrected chi connectivity index (χ2v) is 9.09. The van der Waals surface area contributed by atoms with Crippen molar-refractivity contribution < 1.29 is 8.42 Å². The maximum absolute atomic E-state index is 12.9. The van der Waals surface area contributed by atoms with Gasteiger partial charge >= 0.3 is 0 Å². The van der Waals surface area contributed by atoms with Gasteiger partial charge in [0.1, 0.15) is 0 Å². The van der Waals surface area contributed by atoms with Crippen molar-refractivity contribution in [1.82, 2.24) is 9.97 Å². The van der Waals surface area contributed by atoms with Crippen molar-refractivity contribution in [3.63, 3.8) is 0 Å². The number of aromatic nitrogens is 2. The molecule has 0 spiro atoms. The first kappa shape index (κ1) is 18.2. The molecule has 1 N–H and O–H groups in total. The van der Waals surface area contributed by atoms with E-state index in [0.717, 1.165) is 35.9 Å². The van der Waals surface area contributed by atoms with E-state index in [1.165, 1.54) is 6.42 Å². The zero-order chi connectivity index (χ0) is 18.9. The molecule has 1 fully saturated rings. The molecule has 140 valence electrons. The van der Waals surface area contributed by atoms with Crippen molar-refractivity contribution in [3.05, 3.63) is 53.0 Å². The quantitative estimate of drug-likeness (QED) is 0.650. The van der Waals surface area contributed by atoms with E-state index in [1.54, 1.807) is 24.3 Å². The Labute approximate surface area is 166 Å². The third-order valence-corrected chi connectivity index (χ3v) is 6.45. The Morgan fingerprint density at radius 1 is 0.889 bits per heavy atom. The number of sulfonamides is 1. The van der Waals surface area contributed by atoms with Crippen LogP contribution in [0.25, 0.3) is 11.0 Å². The first-order chi connectivity index (χ1) is 13.0. The van der Waals surface area contributed by atoms with Crippen LogP contribution in [0.3, 0.4) is 0 Å². The lowest BCUT2D eigenvalue weighted by atomic mass is 10.1. The van der Waals surface area contributed by atoms with Crippen LogP contribution in [0.15, 0.2) is 57.9 Å². The lowest BCUT2D eigenvalue weighted by Crippen LogP contribution is -2.31. The van der Waals surface area contributed by atoms with E-state index in [4.69, 9.17) is 4.98 Å². The van der Waals surface area contributed by atoms with Crippen LogP contribution < -0.4 is 9.62 Å². The molecule has 1 aliphatic heterocycles. The Morgan fingerprint density at radius 2 is 1.52 bits per heavy atom. The van der Waals surface area contributed by atoms with E-state index >= 15 is 0 Å². The number of fused-ring (bicyclic) bond motifs is 1. The van der Waals surface area contributed by atoms with Gasteiger partial charge in [0.05, 0.1) is 15.9 Å². The predicted molar refractivity (Wildman–Crippen MR) is 111 cm³/mol. The maximum atomic E-state index is 12.9. The van der Waals surface area contributed by atoms with E-state index in [-0.39, 0.29) is 10.7 Å². The zero-order valence-electron chi connectivity index (χ0n) is 14.6. The van der Waals surface area contributed by atoms with E-state index in [2.05, 4.69) is 30.5 Å². The van der Waals surface area contributed by atoms with Crippen LogP contribution in [0.5, 0.6) is 0 Å². The van der Waals surface area contributed by atoms with Gasteiger partial charge in [0.2, 0.25) is 0 Å². The molecule has 8 heteroatoms. The molecule has 0 amide bonds. The third-order valence-electron chi connectivity index (χ3n) is 4.56. The van der Waals surface area contributed by atoms with Crippen LogP contribution in [0.2, 0.25) is 0 Å². The fraction of sp³-hybridized carbons (Fsp3) is 0.263. The van der Waals surface area contributed by atoms with Gasteiger partial charge in [0, 0.05) is 17.6 Å². The SMILES string of the molecule is O=S(=O)(Nc1nc2ccccc2nc1N1CCCCC1)c1ccc(Br)cc1. The monoisotopic (exact) mass is 446 g/mol. The van der Waals surface area contributed by atoms with Crippen molar-refractivity contribution in [1.29, 1.82) is 0 Å². The lowest BCUT2D eigenvalue weighted by molar-refractivity contribution is 0.574. The molecule has 4 rings (SSSR count). The number of halogens is 1. The molecular weight excluding hydrogens is 428 g/mol. The van der Waals surface area contributed by atoms with Crippen molar-refractivity contribution in [2.45, 2.75) is 24.2 Å². The number of para-hydroxylation sites is 2. The fourth-order valence-corrected chi connectivity index (χ4v) is 4.45. The number of hydrogen-bond donors (Lipinski definition) is 1. The highest BCUT2D eigenvalue weighted by Crippen LogP contribution is 2.29. The van der Waals surface area contributed by atoms with E-state index in [0.29, 0.717) is 11.3 Å². The summed E-state index contributed by atoms with van der Waals surface area (Å²) in [6.45, 7) is 1.69. The molecule has 0 unspecified atom stereocenters. The second-order valence-electron chi connectivity index (χ2n) is 6.49. The average molecular weight is 447 g/mol. The topological polar surface area (TPSA) is 75.2 Å². The average Bonchev–Trinajstić information content (AvgIpc) is 2.68. The molecule has 1 aromatic heterocycles. The van der Waals surface area contributed by atoms with Gasteiger partial charge in [-0.2, -0.15) is 0 Å². The number of nitrogens with zero attached hydrogens (tertiary/aromatic N) is 3. The van der Waals surface area contributed by atoms with Crippen LogP contribution in [0.4, 0.5) is 11.6 Å². The summed E-state index contributed by atoms with van der Waals surface area (Å²) in [5.41, 5.74) is 1.41. The van der Waals surface area contributed by atoms with Crippen LogP contribution >= 0.6 is 15.9 Å². The molecule has 2 aromatic carbocycles. The standard InChI is InChI=1S/C19H19BrN4O2S/c20-14-8-10-15(11-9-14)27(25,26)23-18-19(24-12-4-1-5-13-24)22-17-7-3-2-6-16(17)21-18/h2-3,6-11H,1,4-5,12-13H2,(H,21,23). The van der Waals surface area contributed by atoms with E-state index < -0.39 is 10.0 Å². The van der Waals surface area contributed by atoms with Crippen LogP contribution in [0, 0.1) is 0 Å². The minimum absolute atomic E-state index is 0.185. The van der Waals surface area contributed by atoms with Crippen LogP contribution in [-0.4, -0.2) is 31.5 Å². The normalized spacial score (nSPS) is 15.1. The predicted octanol–water partition coefficient (Wildman–Crippen LogP) is 4.18. The van der Waals surface area contributed by atoms with Crippen molar-refractivity contribution >= 4 is 48.6 Å². The number of piperidine rings is 1. The number of nitrogens with one attached hydrogen (secondary N) is 1. The Kier molecular flexibility index (Phi) is 5.01.